The zero-order valence-electron chi connectivity index (χ0n) is 16.6. The van der Waals surface area contributed by atoms with Gasteiger partial charge < -0.3 is 15.4 Å². The molecule has 3 rings (SSSR count). The van der Waals surface area contributed by atoms with E-state index in [4.69, 9.17) is 4.74 Å². The molecule has 1 aliphatic carbocycles. The standard InChI is InChI=1S/C21H27N3O3S2/c1-27-18-9-5-8-16(10-18)23-20(26)14-29-21-24-17(13-28-21)11-19(25)22-12-15-6-3-2-4-7-15/h5,8-10,13,15H,2-4,6-7,11-12,14H2,1H3,(H,22,25)(H,23,26). The summed E-state index contributed by atoms with van der Waals surface area (Å²) >= 11 is 2.84. The highest BCUT2D eigenvalue weighted by molar-refractivity contribution is 8.01. The molecule has 6 nitrogen and oxygen atoms in total. The lowest BCUT2D eigenvalue weighted by molar-refractivity contribution is -0.120. The molecule has 1 heterocycles. The van der Waals surface area contributed by atoms with E-state index in [1.54, 1.807) is 13.2 Å². The fourth-order valence-corrected chi connectivity index (χ4v) is 4.98. The van der Waals surface area contributed by atoms with Crippen molar-refractivity contribution in [3.63, 3.8) is 0 Å². The topological polar surface area (TPSA) is 80.3 Å². The second-order valence-corrected chi connectivity index (χ2v) is 9.24. The highest BCUT2D eigenvalue weighted by Crippen LogP contribution is 2.24. The first-order valence-electron chi connectivity index (χ1n) is 9.90. The average molecular weight is 434 g/mol. The smallest absolute Gasteiger partial charge is 0.234 e. The van der Waals surface area contributed by atoms with Gasteiger partial charge in [0, 0.05) is 23.7 Å². The summed E-state index contributed by atoms with van der Waals surface area (Å²) in [7, 11) is 1.59. The third-order valence-electron chi connectivity index (χ3n) is 4.87. The van der Waals surface area contributed by atoms with E-state index in [0.29, 0.717) is 23.8 Å². The molecule has 1 aliphatic rings. The van der Waals surface area contributed by atoms with E-state index < -0.39 is 0 Å². The van der Waals surface area contributed by atoms with Gasteiger partial charge in [0.1, 0.15) is 5.75 Å². The van der Waals surface area contributed by atoms with Crippen LogP contribution in [0.2, 0.25) is 0 Å². The van der Waals surface area contributed by atoms with Crippen LogP contribution in [0.3, 0.4) is 0 Å². The Morgan fingerprint density at radius 1 is 1.24 bits per heavy atom. The Bertz CT molecular complexity index is 819. The average Bonchev–Trinajstić information content (AvgIpc) is 3.19. The molecular weight excluding hydrogens is 406 g/mol. The van der Waals surface area contributed by atoms with Crippen molar-refractivity contribution in [3.8, 4) is 5.75 Å². The molecule has 2 aromatic rings. The van der Waals surface area contributed by atoms with Crippen molar-refractivity contribution in [2.45, 2.75) is 42.9 Å². The number of benzene rings is 1. The number of hydrogen-bond acceptors (Lipinski definition) is 6. The van der Waals surface area contributed by atoms with Crippen LogP contribution in [0.5, 0.6) is 5.75 Å². The van der Waals surface area contributed by atoms with Crippen molar-refractivity contribution in [2.75, 3.05) is 24.7 Å². The maximum Gasteiger partial charge on any atom is 0.234 e. The maximum absolute atomic E-state index is 12.2. The van der Waals surface area contributed by atoms with Crippen LogP contribution in [0.15, 0.2) is 34.0 Å². The first kappa shape index (κ1) is 21.6. The quantitative estimate of drug-likeness (QED) is 0.582. The number of thiazole rings is 1. The van der Waals surface area contributed by atoms with Crippen LogP contribution in [0, 0.1) is 5.92 Å². The van der Waals surface area contributed by atoms with E-state index in [1.807, 2.05) is 23.6 Å². The highest BCUT2D eigenvalue weighted by Gasteiger charge is 2.15. The van der Waals surface area contributed by atoms with Crippen LogP contribution in [0.4, 0.5) is 5.69 Å². The summed E-state index contributed by atoms with van der Waals surface area (Å²) in [4.78, 5) is 28.8. The molecular formula is C21H27N3O3S2. The summed E-state index contributed by atoms with van der Waals surface area (Å²) in [6, 6.07) is 7.25. The second kappa shape index (κ2) is 11.2. The van der Waals surface area contributed by atoms with Gasteiger partial charge in [0.25, 0.3) is 0 Å². The van der Waals surface area contributed by atoms with Gasteiger partial charge in [0.05, 0.1) is 25.0 Å². The minimum absolute atomic E-state index is 0.0215. The van der Waals surface area contributed by atoms with Gasteiger partial charge in [-0.3, -0.25) is 9.59 Å². The molecule has 1 saturated carbocycles. The minimum atomic E-state index is -0.106. The van der Waals surface area contributed by atoms with E-state index in [-0.39, 0.29) is 17.6 Å². The number of anilines is 1. The molecule has 0 saturated heterocycles. The number of methoxy groups -OCH3 is 1. The van der Waals surface area contributed by atoms with Crippen molar-refractivity contribution < 1.29 is 14.3 Å². The Labute approximate surface area is 179 Å². The van der Waals surface area contributed by atoms with Crippen molar-refractivity contribution in [3.05, 3.63) is 35.3 Å². The number of ether oxygens (including phenoxy) is 1. The highest BCUT2D eigenvalue weighted by atomic mass is 32.2. The van der Waals surface area contributed by atoms with Gasteiger partial charge >= 0.3 is 0 Å². The zero-order chi connectivity index (χ0) is 20.5. The molecule has 1 fully saturated rings. The van der Waals surface area contributed by atoms with Gasteiger partial charge in [-0.15, -0.1) is 11.3 Å². The molecule has 1 aromatic carbocycles. The summed E-state index contributed by atoms with van der Waals surface area (Å²) in [5, 5.41) is 7.78. The third kappa shape index (κ3) is 7.36. The summed E-state index contributed by atoms with van der Waals surface area (Å²) in [5.41, 5.74) is 1.45. The number of carbonyl (C=O) groups excluding carboxylic acids is 2. The number of carbonyl (C=O) groups is 2. The van der Waals surface area contributed by atoms with Crippen LogP contribution in [0.1, 0.15) is 37.8 Å². The van der Waals surface area contributed by atoms with Crippen molar-refractivity contribution >= 4 is 40.6 Å². The normalized spacial score (nSPS) is 14.4. The molecule has 1 aromatic heterocycles. The minimum Gasteiger partial charge on any atom is -0.497 e. The molecule has 0 atom stereocenters. The van der Waals surface area contributed by atoms with Crippen molar-refractivity contribution in [1.29, 1.82) is 0 Å². The Morgan fingerprint density at radius 3 is 2.86 bits per heavy atom. The number of hydrogen-bond donors (Lipinski definition) is 2. The molecule has 2 N–H and O–H groups in total. The van der Waals surface area contributed by atoms with Crippen LogP contribution >= 0.6 is 23.1 Å². The number of amides is 2. The van der Waals surface area contributed by atoms with E-state index in [1.165, 1.54) is 55.2 Å². The number of nitrogens with zero attached hydrogens (tertiary/aromatic N) is 1. The molecule has 156 valence electrons. The van der Waals surface area contributed by atoms with E-state index >= 15 is 0 Å². The van der Waals surface area contributed by atoms with Gasteiger partial charge in [0.2, 0.25) is 11.8 Å². The monoisotopic (exact) mass is 433 g/mol. The summed E-state index contributed by atoms with van der Waals surface area (Å²) < 4.78 is 5.95. The molecule has 0 radical (unpaired) electrons. The van der Waals surface area contributed by atoms with Gasteiger partial charge in [-0.05, 0) is 30.9 Å². The largest absolute Gasteiger partial charge is 0.497 e. The Hall–Kier alpha value is -2.06. The predicted octanol–water partition coefficient (Wildman–Crippen LogP) is 4.12. The fourth-order valence-electron chi connectivity index (χ4n) is 3.34. The van der Waals surface area contributed by atoms with E-state index in [9.17, 15) is 9.59 Å². The second-order valence-electron chi connectivity index (χ2n) is 7.16. The summed E-state index contributed by atoms with van der Waals surface area (Å²) in [5.74, 6) is 1.50. The number of thioether (sulfide) groups is 1. The molecule has 8 heteroatoms. The Morgan fingerprint density at radius 2 is 2.07 bits per heavy atom. The summed E-state index contributed by atoms with van der Waals surface area (Å²) in [6.45, 7) is 0.773. The molecule has 2 amide bonds. The molecule has 0 aliphatic heterocycles. The molecule has 0 unspecified atom stereocenters. The number of aromatic nitrogens is 1. The van der Waals surface area contributed by atoms with Gasteiger partial charge in [-0.25, -0.2) is 4.98 Å². The lowest BCUT2D eigenvalue weighted by Gasteiger charge is -2.21. The van der Waals surface area contributed by atoms with Crippen LogP contribution in [0.25, 0.3) is 0 Å². The first-order chi connectivity index (χ1) is 14.1. The molecule has 0 spiro atoms. The fraction of sp³-hybridized carbons (Fsp3) is 0.476. The van der Waals surface area contributed by atoms with Crippen LogP contribution < -0.4 is 15.4 Å². The lowest BCUT2D eigenvalue weighted by Crippen LogP contribution is -2.31. The van der Waals surface area contributed by atoms with Crippen molar-refractivity contribution in [1.82, 2.24) is 10.3 Å². The zero-order valence-corrected chi connectivity index (χ0v) is 18.2. The molecule has 0 bridgehead atoms. The number of rotatable bonds is 9. The van der Waals surface area contributed by atoms with Gasteiger partial charge in [0.15, 0.2) is 4.34 Å². The van der Waals surface area contributed by atoms with E-state index in [2.05, 4.69) is 15.6 Å². The summed E-state index contributed by atoms with van der Waals surface area (Å²) in [6.07, 6.45) is 6.60. The van der Waals surface area contributed by atoms with Crippen LogP contribution in [-0.2, 0) is 16.0 Å². The maximum atomic E-state index is 12.2. The Kier molecular flexibility index (Phi) is 8.37. The third-order valence-corrected chi connectivity index (χ3v) is 6.94. The van der Waals surface area contributed by atoms with E-state index in [0.717, 1.165) is 16.6 Å². The van der Waals surface area contributed by atoms with Crippen molar-refractivity contribution in [2.24, 2.45) is 5.92 Å². The Balaban J connectivity index is 1.39. The number of nitrogens with one attached hydrogen (secondary N) is 2. The SMILES string of the molecule is COc1cccc(NC(=O)CSc2nc(CC(=O)NCC3CCCCC3)cs2)c1. The van der Waals surface area contributed by atoms with Gasteiger partial charge in [-0.1, -0.05) is 37.1 Å². The predicted molar refractivity (Wildman–Crippen MR) is 118 cm³/mol. The van der Waals surface area contributed by atoms with Gasteiger partial charge in [-0.2, -0.15) is 0 Å². The molecule has 29 heavy (non-hydrogen) atoms. The van der Waals surface area contributed by atoms with Crippen LogP contribution in [-0.4, -0.2) is 36.2 Å². The first-order valence-corrected chi connectivity index (χ1v) is 11.8. The lowest BCUT2D eigenvalue weighted by atomic mass is 9.89.